The van der Waals surface area contributed by atoms with Gasteiger partial charge in [-0.1, -0.05) is 24.3 Å². The molecule has 5 N–H and O–H groups in total. The maximum Gasteiger partial charge on any atom is 0.491 e. The molecule has 3 heterocycles. The first-order chi connectivity index (χ1) is 22.0. The van der Waals surface area contributed by atoms with Gasteiger partial charge in [-0.3, -0.25) is 19.2 Å². The Balaban J connectivity index is 1.23. The predicted molar refractivity (Wildman–Crippen MR) is 163 cm³/mol. The molecular weight excluding hydrogens is 599 g/mol. The molecule has 3 aromatic rings. The zero-order chi connectivity index (χ0) is 32.5. The largest absolute Gasteiger partial charge is 0.491 e. The highest BCUT2D eigenvalue weighted by molar-refractivity contribution is 6.62. The molecular formula is C31H30B2FN3O9. The standard InChI is InChI=1S/C31H30B2FN3O9/c34-22-7-1-17(2-8-22)9-23(13-28(38)39)35-30(41)27-12-24(36-29(40)18-3-5-20-15-45-32(43)25(20)10-18)14-37(27)31(42)19-4-6-21-16-46-33(44)26(21)11-19/h1-8,10-11,23-24,27,43-44H,9,12-16H2,(H,35,41)(H,36,40)(H,38,39)/t23-,24+,27-/m0/s1. The summed E-state index contributed by atoms with van der Waals surface area (Å²) in [7, 11) is -2.33. The lowest BCUT2D eigenvalue weighted by Crippen LogP contribution is -2.50. The number of nitrogens with zero attached hydrogens (tertiary/aromatic N) is 1. The number of hydrogen-bond acceptors (Lipinski definition) is 8. The summed E-state index contributed by atoms with van der Waals surface area (Å²) < 4.78 is 23.9. The van der Waals surface area contributed by atoms with Crippen LogP contribution in [-0.4, -0.2) is 82.7 Å². The second-order valence-corrected chi connectivity index (χ2v) is 11.7. The van der Waals surface area contributed by atoms with E-state index in [1.807, 2.05) is 0 Å². The number of amides is 3. The molecule has 3 atom stereocenters. The molecule has 0 radical (unpaired) electrons. The lowest BCUT2D eigenvalue weighted by molar-refractivity contribution is -0.137. The number of carboxylic acid groups (broad SMARTS) is 1. The first-order valence-electron chi connectivity index (χ1n) is 14.8. The first kappa shape index (κ1) is 31.4. The summed E-state index contributed by atoms with van der Waals surface area (Å²) in [6.45, 7) is 0.389. The summed E-state index contributed by atoms with van der Waals surface area (Å²) >= 11 is 0. The van der Waals surface area contributed by atoms with Crippen LogP contribution in [0.3, 0.4) is 0 Å². The quantitative estimate of drug-likeness (QED) is 0.195. The van der Waals surface area contributed by atoms with Gasteiger partial charge in [0, 0.05) is 29.8 Å². The number of benzene rings is 3. The topological polar surface area (TPSA) is 175 Å². The molecule has 0 saturated carbocycles. The Hall–Kier alpha value is -4.56. The molecule has 3 aliphatic rings. The van der Waals surface area contributed by atoms with Gasteiger partial charge in [-0.05, 0) is 76.9 Å². The van der Waals surface area contributed by atoms with Crippen LogP contribution in [0.15, 0.2) is 60.7 Å². The molecule has 3 aromatic carbocycles. The maximum atomic E-state index is 13.9. The third-order valence-corrected chi connectivity index (χ3v) is 8.49. The number of aliphatic carboxylic acids is 1. The normalized spacial score (nSPS) is 19.1. The van der Waals surface area contributed by atoms with E-state index < -0.39 is 68.3 Å². The van der Waals surface area contributed by atoms with Gasteiger partial charge in [0.25, 0.3) is 11.8 Å². The number of rotatable bonds is 9. The van der Waals surface area contributed by atoms with Crippen LogP contribution >= 0.6 is 0 Å². The van der Waals surface area contributed by atoms with Crippen LogP contribution in [0.5, 0.6) is 0 Å². The van der Waals surface area contributed by atoms with Crippen LogP contribution < -0.4 is 21.6 Å². The van der Waals surface area contributed by atoms with Gasteiger partial charge in [-0.15, -0.1) is 0 Å². The Morgan fingerprint density at radius 1 is 0.913 bits per heavy atom. The van der Waals surface area contributed by atoms with E-state index in [0.717, 1.165) is 11.1 Å². The van der Waals surface area contributed by atoms with Crippen LogP contribution in [0.2, 0.25) is 0 Å². The van der Waals surface area contributed by atoms with Crippen molar-refractivity contribution in [2.75, 3.05) is 6.54 Å². The fraction of sp³-hybridized carbons (Fsp3) is 0.290. The molecule has 15 heteroatoms. The first-order valence-corrected chi connectivity index (χ1v) is 14.8. The van der Waals surface area contributed by atoms with E-state index in [1.165, 1.54) is 41.3 Å². The third-order valence-electron chi connectivity index (χ3n) is 8.49. The van der Waals surface area contributed by atoms with Crippen LogP contribution in [0, 0.1) is 5.82 Å². The van der Waals surface area contributed by atoms with Crippen molar-refractivity contribution < 1.29 is 48.0 Å². The van der Waals surface area contributed by atoms with E-state index in [1.54, 1.807) is 24.3 Å². The second kappa shape index (κ2) is 13.0. The Morgan fingerprint density at radius 3 is 2.15 bits per heavy atom. The number of carboxylic acids is 1. The van der Waals surface area contributed by atoms with Crippen molar-refractivity contribution in [1.82, 2.24) is 15.5 Å². The average Bonchev–Trinajstić information content (AvgIpc) is 3.74. The predicted octanol–water partition coefficient (Wildman–Crippen LogP) is -0.524. The van der Waals surface area contributed by atoms with E-state index in [0.29, 0.717) is 16.5 Å². The van der Waals surface area contributed by atoms with Gasteiger partial charge in [0.1, 0.15) is 11.9 Å². The van der Waals surface area contributed by atoms with Crippen molar-refractivity contribution >= 4 is 48.9 Å². The lowest BCUT2D eigenvalue weighted by atomic mass is 9.78. The fourth-order valence-corrected chi connectivity index (χ4v) is 6.14. The average molecular weight is 629 g/mol. The minimum absolute atomic E-state index is 0.0307. The minimum atomic E-state index is -1.19. The summed E-state index contributed by atoms with van der Waals surface area (Å²) in [5.41, 5.74) is 3.51. The number of halogens is 1. The Morgan fingerprint density at radius 2 is 1.52 bits per heavy atom. The van der Waals surface area contributed by atoms with Gasteiger partial charge in [-0.25, -0.2) is 4.39 Å². The summed E-state index contributed by atoms with van der Waals surface area (Å²) in [5.74, 6) is -3.21. The molecule has 3 aliphatic heterocycles. The third kappa shape index (κ3) is 6.67. The molecule has 236 valence electrons. The molecule has 1 fully saturated rings. The zero-order valence-electron chi connectivity index (χ0n) is 24.5. The van der Waals surface area contributed by atoms with Crippen LogP contribution in [0.25, 0.3) is 0 Å². The van der Waals surface area contributed by atoms with Gasteiger partial charge in [-0.2, -0.15) is 0 Å². The van der Waals surface area contributed by atoms with Crippen molar-refractivity contribution in [3.05, 3.63) is 94.3 Å². The Labute approximate surface area is 263 Å². The Bertz CT molecular complexity index is 1690. The number of nitrogens with one attached hydrogen (secondary N) is 2. The van der Waals surface area contributed by atoms with E-state index in [2.05, 4.69) is 10.6 Å². The van der Waals surface area contributed by atoms with Crippen LogP contribution in [0.1, 0.15) is 50.2 Å². The molecule has 0 aromatic heterocycles. The van der Waals surface area contributed by atoms with E-state index in [4.69, 9.17) is 9.31 Å². The molecule has 3 amide bonds. The number of likely N-dealkylation sites (tertiary alicyclic amines) is 1. The van der Waals surface area contributed by atoms with Crippen molar-refractivity contribution in [1.29, 1.82) is 0 Å². The highest BCUT2D eigenvalue weighted by Crippen LogP contribution is 2.24. The van der Waals surface area contributed by atoms with Gasteiger partial charge in [0.05, 0.1) is 19.6 Å². The summed E-state index contributed by atoms with van der Waals surface area (Å²) in [6, 6.07) is 12.5. The van der Waals surface area contributed by atoms with E-state index in [9.17, 15) is 38.7 Å². The smallest absolute Gasteiger partial charge is 0.481 e. The van der Waals surface area contributed by atoms with Crippen molar-refractivity contribution in [2.24, 2.45) is 0 Å². The monoisotopic (exact) mass is 629 g/mol. The molecule has 0 aliphatic carbocycles. The second-order valence-electron chi connectivity index (χ2n) is 11.7. The molecule has 0 bridgehead atoms. The van der Waals surface area contributed by atoms with E-state index in [-0.39, 0.29) is 43.7 Å². The number of carbonyl (C=O) groups excluding carboxylic acids is 3. The van der Waals surface area contributed by atoms with Gasteiger partial charge in [0.2, 0.25) is 5.91 Å². The minimum Gasteiger partial charge on any atom is -0.481 e. The summed E-state index contributed by atoms with van der Waals surface area (Å²) in [4.78, 5) is 53.8. The van der Waals surface area contributed by atoms with Crippen LogP contribution in [0.4, 0.5) is 4.39 Å². The Kier molecular flexibility index (Phi) is 8.91. The molecule has 46 heavy (non-hydrogen) atoms. The highest BCUT2D eigenvalue weighted by Gasteiger charge is 2.42. The van der Waals surface area contributed by atoms with Crippen LogP contribution in [-0.2, 0) is 38.5 Å². The van der Waals surface area contributed by atoms with Crippen molar-refractivity contribution in [3.8, 4) is 0 Å². The summed E-state index contributed by atoms with van der Waals surface area (Å²) in [5, 5.41) is 35.4. The van der Waals surface area contributed by atoms with Gasteiger partial charge in [0.15, 0.2) is 0 Å². The molecule has 6 rings (SSSR count). The molecule has 0 spiro atoms. The number of fused-ring (bicyclic) bond motifs is 2. The number of carbonyl (C=O) groups is 4. The zero-order valence-corrected chi connectivity index (χ0v) is 24.5. The van der Waals surface area contributed by atoms with E-state index >= 15 is 0 Å². The number of hydrogen-bond donors (Lipinski definition) is 5. The van der Waals surface area contributed by atoms with Crippen molar-refractivity contribution in [2.45, 2.75) is 50.6 Å². The lowest BCUT2D eigenvalue weighted by Gasteiger charge is -2.26. The molecule has 1 saturated heterocycles. The highest BCUT2D eigenvalue weighted by atomic mass is 19.1. The summed E-state index contributed by atoms with van der Waals surface area (Å²) in [6.07, 6.45) is -0.274. The molecule has 12 nitrogen and oxygen atoms in total. The van der Waals surface area contributed by atoms with Gasteiger partial charge < -0.3 is 40.0 Å². The molecule has 0 unspecified atom stereocenters. The fourth-order valence-electron chi connectivity index (χ4n) is 6.14. The van der Waals surface area contributed by atoms with Crippen molar-refractivity contribution in [3.63, 3.8) is 0 Å². The SMILES string of the molecule is O=C(O)C[C@H](Cc1ccc(F)cc1)NC(=O)[C@@H]1C[C@@H](NC(=O)c2ccc3c(c2)B(O)OC3)CN1C(=O)c1ccc2c(c1)B(O)OC2. The van der Waals surface area contributed by atoms with Gasteiger partial charge >= 0.3 is 20.2 Å². The maximum absolute atomic E-state index is 13.9.